The van der Waals surface area contributed by atoms with Gasteiger partial charge in [-0.15, -0.1) is 0 Å². The molecule has 1 amide bonds. The van der Waals surface area contributed by atoms with Crippen molar-refractivity contribution in [3.05, 3.63) is 95.1 Å². The zero-order valence-electron chi connectivity index (χ0n) is 21.4. The van der Waals surface area contributed by atoms with Crippen molar-refractivity contribution in [3.63, 3.8) is 0 Å². The molecular weight excluding hydrogens is 466 g/mol. The number of benzene rings is 3. The Labute approximate surface area is 217 Å². The van der Waals surface area contributed by atoms with E-state index in [1.165, 1.54) is 5.56 Å². The van der Waals surface area contributed by atoms with Crippen LogP contribution in [0.25, 0.3) is 0 Å². The number of carbonyl (C=O) groups excluding carboxylic acids is 1. The molecule has 5 rings (SSSR count). The Morgan fingerprint density at radius 2 is 1.73 bits per heavy atom. The number of allylic oxidation sites excluding steroid dienone is 2. The van der Waals surface area contributed by atoms with Gasteiger partial charge in [-0.2, -0.15) is 5.10 Å². The standard InChI is InChI=1S/C30H31N3O4/c1-18(32-33-30(34)19-11-14-21(35-2)15-12-19)20-13-16-26-25(17-20)22-7-5-8-23(22)28(31-26)24-9-6-10-27(36-3)29(24)37-4/h5-7,9-17,22-23,28,31H,8H2,1-4H3,(H,33,34)/b32-18-/t22-,23+,28-/m1/s1. The second-order valence-electron chi connectivity index (χ2n) is 9.23. The van der Waals surface area contributed by atoms with E-state index in [0.717, 1.165) is 40.4 Å². The lowest BCUT2D eigenvalue weighted by molar-refractivity contribution is 0.0955. The largest absolute Gasteiger partial charge is 0.497 e. The molecule has 7 nitrogen and oxygen atoms in total. The minimum Gasteiger partial charge on any atom is -0.497 e. The molecule has 2 N–H and O–H groups in total. The van der Waals surface area contributed by atoms with Crippen LogP contribution in [0.4, 0.5) is 5.69 Å². The highest BCUT2D eigenvalue weighted by molar-refractivity contribution is 6.01. The third-order valence-electron chi connectivity index (χ3n) is 7.23. The number of fused-ring (bicyclic) bond motifs is 3. The Bertz CT molecular complexity index is 1360. The number of nitrogens with zero attached hydrogens (tertiary/aromatic N) is 1. The molecule has 0 saturated carbocycles. The number of carbonyl (C=O) groups is 1. The van der Waals surface area contributed by atoms with Crippen molar-refractivity contribution in [1.82, 2.24) is 5.43 Å². The molecule has 3 atom stereocenters. The fraction of sp³-hybridized carbons (Fsp3) is 0.267. The Balaban J connectivity index is 1.39. The zero-order chi connectivity index (χ0) is 25.9. The molecule has 0 radical (unpaired) electrons. The first kappa shape index (κ1) is 24.4. The first-order chi connectivity index (χ1) is 18.0. The lowest BCUT2D eigenvalue weighted by Crippen LogP contribution is -2.29. The Morgan fingerprint density at radius 3 is 2.46 bits per heavy atom. The normalized spacial score (nSPS) is 19.9. The van der Waals surface area contributed by atoms with Gasteiger partial charge in [0.05, 0.1) is 33.1 Å². The number of para-hydroxylation sites is 1. The van der Waals surface area contributed by atoms with Gasteiger partial charge < -0.3 is 19.5 Å². The fourth-order valence-electron chi connectivity index (χ4n) is 5.29. The molecule has 1 aliphatic carbocycles. The van der Waals surface area contributed by atoms with Gasteiger partial charge in [0.2, 0.25) is 0 Å². The maximum Gasteiger partial charge on any atom is 0.271 e. The average Bonchev–Trinajstić information content (AvgIpc) is 3.45. The quantitative estimate of drug-likeness (QED) is 0.249. The van der Waals surface area contributed by atoms with Gasteiger partial charge in [0, 0.05) is 22.7 Å². The van der Waals surface area contributed by atoms with Gasteiger partial charge in [0.25, 0.3) is 5.91 Å². The van der Waals surface area contributed by atoms with Gasteiger partial charge in [0.15, 0.2) is 11.5 Å². The summed E-state index contributed by atoms with van der Waals surface area (Å²) < 4.78 is 16.5. The Kier molecular flexibility index (Phi) is 6.86. The molecule has 0 bridgehead atoms. The highest BCUT2D eigenvalue weighted by Crippen LogP contribution is 2.52. The van der Waals surface area contributed by atoms with Crippen LogP contribution in [0, 0.1) is 5.92 Å². The molecule has 1 aliphatic heterocycles. The van der Waals surface area contributed by atoms with E-state index in [1.807, 2.05) is 25.1 Å². The van der Waals surface area contributed by atoms with Gasteiger partial charge in [-0.1, -0.05) is 30.4 Å². The van der Waals surface area contributed by atoms with E-state index in [4.69, 9.17) is 14.2 Å². The predicted molar refractivity (Wildman–Crippen MR) is 145 cm³/mol. The topological polar surface area (TPSA) is 81.2 Å². The van der Waals surface area contributed by atoms with Crippen LogP contribution in [0.5, 0.6) is 17.2 Å². The number of methoxy groups -OCH3 is 3. The number of hydrazone groups is 1. The number of amides is 1. The second-order valence-corrected chi connectivity index (χ2v) is 9.23. The van der Waals surface area contributed by atoms with Crippen molar-refractivity contribution in [2.75, 3.05) is 26.6 Å². The number of hydrogen-bond donors (Lipinski definition) is 2. The number of rotatable bonds is 7. The second kappa shape index (κ2) is 10.4. The maximum atomic E-state index is 12.5. The van der Waals surface area contributed by atoms with Gasteiger partial charge in [-0.25, -0.2) is 5.43 Å². The number of nitrogens with one attached hydrogen (secondary N) is 2. The van der Waals surface area contributed by atoms with Crippen LogP contribution in [-0.4, -0.2) is 32.9 Å². The van der Waals surface area contributed by atoms with E-state index >= 15 is 0 Å². The van der Waals surface area contributed by atoms with E-state index in [2.05, 4.69) is 46.2 Å². The van der Waals surface area contributed by atoms with E-state index in [9.17, 15) is 4.79 Å². The van der Waals surface area contributed by atoms with Gasteiger partial charge >= 0.3 is 0 Å². The lowest BCUT2D eigenvalue weighted by atomic mass is 9.76. The van der Waals surface area contributed by atoms with Crippen LogP contribution in [0.15, 0.2) is 77.9 Å². The summed E-state index contributed by atoms with van der Waals surface area (Å²) in [4.78, 5) is 12.5. The van der Waals surface area contributed by atoms with Crippen molar-refractivity contribution < 1.29 is 19.0 Å². The van der Waals surface area contributed by atoms with Crippen molar-refractivity contribution in [1.29, 1.82) is 0 Å². The third-order valence-corrected chi connectivity index (χ3v) is 7.23. The predicted octanol–water partition coefficient (Wildman–Crippen LogP) is 5.69. The van der Waals surface area contributed by atoms with E-state index in [0.29, 0.717) is 17.2 Å². The van der Waals surface area contributed by atoms with Crippen LogP contribution in [0.2, 0.25) is 0 Å². The molecule has 7 heteroatoms. The van der Waals surface area contributed by atoms with Crippen LogP contribution in [0.1, 0.15) is 52.4 Å². The summed E-state index contributed by atoms with van der Waals surface area (Å²) >= 11 is 0. The molecule has 0 saturated heterocycles. The van der Waals surface area contributed by atoms with E-state index < -0.39 is 0 Å². The Hall–Kier alpha value is -4.26. The van der Waals surface area contributed by atoms with E-state index in [-0.39, 0.29) is 17.9 Å². The number of anilines is 1. The molecule has 3 aromatic rings. The highest BCUT2D eigenvalue weighted by atomic mass is 16.5. The molecular formula is C30H31N3O4. The smallest absolute Gasteiger partial charge is 0.271 e. The van der Waals surface area contributed by atoms with Crippen molar-refractivity contribution in [3.8, 4) is 17.2 Å². The molecule has 0 fully saturated rings. The van der Waals surface area contributed by atoms with Crippen molar-refractivity contribution in [2.24, 2.45) is 11.0 Å². The van der Waals surface area contributed by atoms with E-state index in [1.54, 1.807) is 45.6 Å². The highest BCUT2D eigenvalue weighted by Gasteiger charge is 2.39. The summed E-state index contributed by atoms with van der Waals surface area (Å²) in [6, 6.07) is 19.3. The fourth-order valence-corrected chi connectivity index (χ4v) is 5.29. The molecule has 2 aliphatic rings. The minimum absolute atomic E-state index is 0.0851. The van der Waals surface area contributed by atoms with Crippen LogP contribution in [-0.2, 0) is 0 Å². The number of hydrogen-bond acceptors (Lipinski definition) is 6. The summed E-state index contributed by atoms with van der Waals surface area (Å²) in [7, 11) is 4.94. The molecule has 0 spiro atoms. The van der Waals surface area contributed by atoms with Crippen molar-refractivity contribution in [2.45, 2.75) is 25.3 Å². The molecule has 190 valence electrons. The summed E-state index contributed by atoms with van der Waals surface area (Å²) in [6.07, 6.45) is 5.53. The lowest BCUT2D eigenvalue weighted by Gasteiger charge is -2.38. The summed E-state index contributed by atoms with van der Waals surface area (Å²) in [5.41, 5.74) is 8.29. The van der Waals surface area contributed by atoms with Gasteiger partial charge in [-0.3, -0.25) is 4.79 Å². The van der Waals surface area contributed by atoms with Crippen molar-refractivity contribution >= 4 is 17.3 Å². The first-order valence-electron chi connectivity index (χ1n) is 12.3. The van der Waals surface area contributed by atoms with Gasteiger partial charge in [-0.05, 0) is 72.9 Å². The maximum absolute atomic E-state index is 12.5. The SMILES string of the molecule is COc1ccc(C(=O)N/N=C(/C)c2ccc3c(c2)[C@@H]2C=CC[C@@H]2[C@H](c2cccc(OC)c2OC)N3)cc1. The summed E-state index contributed by atoms with van der Waals surface area (Å²) in [6.45, 7) is 1.90. The molecule has 37 heavy (non-hydrogen) atoms. The third kappa shape index (κ3) is 4.65. The van der Waals surface area contributed by atoms with Crippen LogP contribution in [0.3, 0.4) is 0 Å². The first-order valence-corrected chi connectivity index (χ1v) is 12.3. The Morgan fingerprint density at radius 1 is 0.946 bits per heavy atom. The average molecular weight is 498 g/mol. The monoisotopic (exact) mass is 497 g/mol. The minimum atomic E-state index is -0.268. The summed E-state index contributed by atoms with van der Waals surface area (Å²) in [5, 5.41) is 8.13. The zero-order valence-corrected chi connectivity index (χ0v) is 21.4. The molecule has 0 unspecified atom stereocenters. The van der Waals surface area contributed by atoms with Crippen LogP contribution >= 0.6 is 0 Å². The summed E-state index contributed by atoms with van der Waals surface area (Å²) in [5.74, 6) is 2.54. The van der Waals surface area contributed by atoms with Crippen LogP contribution < -0.4 is 25.0 Å². The molecule has 3 aromatic carbocycles. The number of ether oxygens (including phenoxy) is 3. The van der Waals surface area contributed by atoms with Gasteiger partial charge in [0.1, 0.15) is 5.75 Å². The molecule has 1 heterocycles. The molecule has 0 aromatic heterocycles.